The van der Waals surface area contributed by atoms with Crippen molar-refractivity contribution in [2.75, 3.05) is 7.05 Å². The van der Waals surface area contributed by atoms with Crippen LogP contribution < -0.4 is 5.32 Å². The second-order valence-electron chi connectivity index (χ2n) is 3.80. The number of nitrogens with one attached hydrogen (secondary N) is 1. The number of rotatable bonds is 5. The Morgan fingerprint density at radius 1 is 1.43 bits per heavy atom. The molecule has 0 aliphatic carbocycles. The van der Waals surface area contributed by atoms with Crippen LogP contribution in [-0.2, 0) is 13.0 Å². The van der Waals surface area contributed by atoms with Crippen LogP contribution in [0.2, 0.25) is 0 Å². The van der Waals surface area contributed by atoms with E-state index in [1.165, 1.54) is 5.69 Å². The lowest BCUT2D eigenvalue weighted by Crippen LogP contribution is -2.11. The molecule has 0 aliphatic heterocycles. The predicted molar refractivity (Wildman–Crippen MR) is 57.2 cm³/mol. The van der Waals surface area contributed by atoms with E-state index in [2.05, 4.69) is 36.4 Å². The van der Waals surface area contributed by atoms with Gasteiger partial charge in [-0.15, -0.1) is 5.10 Å². The monoisotopic (exact) mass is 196 g/mol. The topological polar surface area (TPSA) is 42.7 Å². The van der Waals surface area contributed by atoms with Gasteiger partial charge in [-0.25, -0.2) is 4.68 Å². The molecule has 80 valence electrons. The van der Waals surface area contributed by atoms with Crippen LogP contribution in [0.4, 0.5) is 0 Å². The molecule has 1 rings (SSSR count). The van der Waals surface area contributed by atoms with Crippen LogP contribution in [0.25, 0.3) is 0 Å². The first-order valence-corrected chi connectivity index (χ1v) is 5.28. The summed E-state index contributed by atoms with van der Waals surface area (Å²) in [6, 6.07) is 0.398. The molecular formula is C10H20N4. The molecule has 4 nitrogen and oxygen atoms in total. The van der Waals surface area contributed by atoms with Crippen LogP contribution >= 0.6 is 0 Å². The maximum Gasteiger partial charge on any atom is 0.0996 e. The molecule has 0 saturated carbocycles. The summed E-state index contributed by atoms with van der Waals surface area (Å²) in [5.41, 5.74) is 2.36. The van der Waals surface area contributed by atoms with Gasteiger partial charge in [0.2, 0.25) is 0 Å². The van der Waals surface area contributed by atoms with Gasteiger partial charge in [0, 0.05) is 12.6 Å². The normalized spacial score (nSPS) is 11.2. The molecule has 1 heterocycles. The Kier molecular flexibility index (Phi) is 4.07. The summed E-state index contributed by atoms with van der Waals surface area (Å²) in [4.78, 5) is 0. The molecule has 0 unspecified atom stereocenters. The second kappa shape index (κ2) is 5.10. The Morgan fingerprint density at radius 2 is 2.14 bits per heavy atom. The molecule has 0 fully saturated rings. The van der Waals surface area contributed by atoms with Gasteiger partial charge in [0.1, 0.15) is 0 Å². The van der Waals surface area contributed by atoms with E-state index in [4.69, 9.17) is 0 Å². The standard InChI is InChI=1S/C10H20N4/c1-5-6-10-9(7-11-4)12-13-14(10)8(2)3/h8,11H,5-7H2,1-4H3. The van der Waals surface area contributed by atoms with Crippen molar-refractivity contribution in [3.05, 3.63) is 11.4 Å². The Morgan fingerprint density at radius 3 is 2.64 bits per heavy atom. The van der Waals surface area contributed by atoms with E-state index in [9.17, 15) is 0 Å². The van der Waals surface area contributed by atoms with Gasteiger partial charge in [-0.3, -0.25) is 0 Å². The van der Waals surface area contributed by atoms with Gasteiger partial charge in [0.15, 0.2) is 0 Å². The van der Waals surface area contributed by atoms with Gasteiger partial charge in [-0.1, -0.05) is 18.6 Å². The second-order valence-corrected chi connectivity index (χ2v) is 3.80. The fourth-order valence-corrected chi connectivity index (χ4v) is 1.56. The number of aromatic nitrogens is 3. The van der Waals surface area contributed by atoms with Crippen molar-refractivity contribution < 1.29 is 0 Å². The molecule has 0 aliphatic rings. The molecule has 4 heteroatoms. The van der Waals surface area contributed by atoms with Crippen molar-refractivity contribution in [2.45, 2.75) is 46.2 Å². The Bertz CT molecular complexity index is 278. The smallest absolute Gasteiger partial charge is 0.0996 e. The minimum Gasteiger partial charge on any atom is -0.314 e. The Labute approximate surface area is 85.7 Å². The first-order valence-electron chi connectivity index (χ1n) is 5.28. The summed E-state index contributed by atoms with van der Waals surface area (Å²) in [7, 11) is 1.93. The van der Waals surface area contributed by atoms with E-state index >= 15 is 0 Å². The van der Waals surface area contributed by atoms with Crippen molar-refractivity contribution >= 4 is 0 Å². The molecule has 0 aromatic carbocycles. The number of hydrogen-bond acceptors (Lipinski definition) is 3. The van der Waals surface area contributed by atoms with E-state index in [1.54, 1.807) is 0 Å². The third-order valence-corrected chi connectivity index (χ3v) is 2.19. The summed E-state index contributed by atoms with van der Waals surface area (Å²) in [6.45, 7) is 7.26. The SMILES string of the molecule is CCCc1c(CNC)nnn1C(C)C. The van der Waals surface area contributed by atoms with E-state index in [1.807, 2.05) is 11.7 Å². The number of hydrogen-bond donors (Lipinski definition) is 1. The predicted octanol–water partition coefficient (Wildman–Crippen LogP) is 1.53. The van der Waals surface area contributed by atoms with E-state index in [0.717, 1.165) is 25.1 Å². The summed E-state index contributed by atoms with van der Waals surface area (Å²) >= 11 is 0. The van der Waals surface area contributed by atoms with Gasteiger partial charge in [-0.05, 0) is 27.3 Å². The Hall–Kier alpha value is -0.900. The third kappa shape index (κ3) is 2.32. The van der Waals surface area contributed by atoms with E-state index in [-0.39, 0.29) is 0 Å². The van der Waals surface area contributed by atoms with Gasteiger partial charge in [0.25, 0.3) is 0 Å². The van der Waals surface area contributed by atoms with Crippen molar-refractivity contribution in [2.24, 2.45) is 0 Å². The van der Waals surface area contributed by atoms with Gasteiger partial charge >= 0.3 is 0 Å². The molecule has 0 bridgehead atoms. The van der Waals surface area contributed by atoms with Crippen LogP contribution in [0.3, 0.4) is 0 Å². The zero-order valence-electron chi connectivity index (χ0n) is 9.54. The largest absolute Gasteiger partial charge is 0.314 e. The van der Waals surface area contributed by atoms with Gasteiger partial charge in [0.05, 0.1) is 11.4 Å². The minimum absolute atomic E-state index is 0.398. The lowest BCUT2D eigenvalue weighted by molar-refractivity contribution is 0.492. The van der Waals surface area contributed by atoms with E-state index < -0.39 is 0 Å². The molecule has 0 atom stereocenters. The molecule has 0 amide bonds. The lowest BCUT2D eigenvalue weighted by Gasteiger charge is -2.09. The average molecular weight is 196 g/mol. The maximum atomic E-state index is 4.20. The summed E-state index contributed by atoms with van der Waals surface area (Å²) < 4.78 is 2.02. The van der Waals surface area contributed by atoms with Crippen molar-refractivity contribution in [1.82, 2.24) is 20.3 Å². The highest BCUT2D eigenvalue weighted by Gasteiger charge is 2.12. The molecule has 1 N–H and O–H groups in total. The number of nitrogens with zero attached hydrogens (tertiary/aromatic N) is 3. The van der Waals surface area contributed by atoms with Gasteiger partial charge < -0.3 is 5.32 Å². The highest BCUT2D eigenvalue weighted by atomic mass is 15.4. The summed E-state index contributed by atoms with van der Waals surface area (Å²) in [6.07, 6.45) is 2.19. The van der Waals surface area contributed by atoms with Crippen molar-refractivity contribution in [3.8, 4) is 0 Å². The highest BCUT2D eigenvalue weighted by Crippen LogP contribution is 2.13. The third-order valence-electron chi connectivity index (χ3n) is 2.19. The lowest BCUT2D eigenvalue weighted by atomic mass is 10.2. The fourth-order valence-electron chi connectivity index (χ4n) is 1.56. The van der Waals surface area contributed by atoms with Crippen LogP contribution in [0, 0.1) is 0 Å². The molecular weight excluding hydrogens is 176 g/mol. The summed E-state index contributed by atoms with van der Waals surface area (Å²) in [5, 5.41) is 11.5. The zero-order chi connectivity index (χ0) is 10.6. The maximum absolute atomic E-state index is 4.20. The van der Waals surface area contributed by atoms with Crippen molar-refractivity contribution in [1.29, 1.82) is 0 Å². The highest BCUT2D eigenvalue weighted by molar-refractivity contribution is 5.10. The van der Waals surface area contributed by atoms with Crippen LogP contribution in [0.5, 0.6) is 0 Å². The minimum atomic E-state index is 0.398. The molecule has 0 saturated heterocycles. The van der Waals surface area contributed by atoms with Gasteiger partial charge in [-0.2, -0.15) is 0 Å². The van der Waals surface area contributed by atoms with Crippen LogP contribution in [0.1, 0.15) is 44.6 Å². The molecule has 0 spiro atoms. The van der Waals surface area contributed by atoms with Crippen LogP contribution in [-0.4, -0.2) is 22.0 Å². The first kappa shape index (κ1) is 11.2. The quantitative estimate of drug-likeness (QED) is 0.776. The molecule has 0 radical (unpaired) electrons. The fraction of sp³-hybridized carbons (Fsp3) is 0.800. The average Bonchev–Trinajstić information content (AvgIpc) is 2.50. The summed E-state index contributed by atoms with van der Waals surface area (Å²) in [5.74, 6) is 0. The zero-order valence-corrected chi connectivity index (χ0v) is 9.54. The molecule has 1 aromatic rings. The first-order chi connectivity index (χ1) is 6.70. The van der Waals surface area contributed by atoms with Crippen LogP contribution in [0.15, 0.2) is 0 Å². The van der Waals surface area contributed by atoms with Crippen molar-refractivity contribution in [3.63, 3.8) is 0 Å². The molecule has 14 heavy (non-hydrogen) atoms. The molecule has 1 aromatic heterocycles. The Balaban J connectivity index is 2.94. The van der Waals surface area contributed by atoms with E-state index in [0.29, 0.717) is 6.04 Å².